The number of benzene rings is 1. The third kappa shape index (κ3) is 3.85. The van der Waals surface area contributed by atoms with Crippen LogP contribution in [0, 0.1) is 0 Å². The molecule has 0 bridgehead atoms. The molecule has 1 aliphatic heterocycles. The lowest BCUT2D eigenvalue weighted by Gasteiger charge is -2.28. The molecule has 22 heavy (non-hydrogen) atoms. The first-order valence-electron chi connectivity index (χ1n) is 6.82. The Hall–Kier alpha value is -1.00. The third-order valence-electron chi connectivity index (χ3n) is 3.57. The van der Waals surface area contributed by atoms with Gasteiger partial charge in [-0.2, -0.15) is 4.31 Å². The first-order valence-corrected chi connectivity index (χ1v) is 10.1. The van der Waals surface area contributed by atoms with Crippen molar-refractivity contribution in [3.63, 3.8) is 0 Å². The van der Waals surface area contributed by atoms with Crippen LogP contribution >= 0.6 is 0 Å². The van der Waals surface area contributed by atoms with E-state index in [4.69, 9.17) is 5.11 Å². The van der Waals surface area contributed by atoms with Gasteiger partial charge in [0.15, 0.2) is 9.84 Å². The summed E-state index contributed by atoms with van der Waals surface area (Å²) in [7, 11) is -7.22. The third-order valence-corrected chi connectivity index (χ3v) is 7.25. The van der Waals surface area contributed by atoms with Crippen LogP contribution in [0.3, 0.4) is 0 Å². The van der Waals surface area contributed by atoms with Gasteiger partial charge in [-0.05, 0) is 18.6 Å². The van der Waals surface area contributed by atoms with E-state index in [2.05, 4.69) is 0 Å². The maximum atomic E-state index is 12.7. The molecule has 1 fully saturated rings. The van der Waals surface area contributed by atoms with E-state index in [1.807, 2.05) is 0 Å². The van der Waals surface area contributed by atoms with Gasteiger partial charge in [-0.15, -0.1) is 0 Å². The molecule has 0 aliphatic carbocycles. The quantitative estimate of drug-likeness (QED) is 0.697. The van der Waals surface area contributed by atoms with Gasteiger partial charge in [0, 0.05) is 12.6 Å². The molecule has 2 N–H and O–H groups in total. The largest absolute Gasteiger partial charge is 0.394 e. The highest BCUT2D eigenvalue weighted by atomic mass is 32.2. The second-order valence-electron chi connectivity index (χ2n) is 5.28. The first-order chi connectivity index (χ1) is 10.3. The summed E-state index contributed by atoms with van der Waals surface area (Å²) < 4.78 is 49.7. The summed E-state index contributed by atoms with van der Waals surface area (Å²) in [6.07, 6.45) is -1.08. The lowest BCUT2D eigenvalue weighted by atomic mass is 10.2. The zero-order valence-corrected chi connectivity index (χ0v) is 13.5. The van der Waals surface area contributed by atoms with Crippen molar-refractivity contribution >= 4 is 19.9 Å². The predicted molar refractivity (Wildman–Crippen MR) is 80.5 cm³/mol. The van der Waals surface area contributed by atoms with Crippen molar-refractivity contribution in [1.29, 1.82) is 0 Å². The number of hydrogen-bond donors (Lipinski definition) is 2. The molecular formula is C13H19NO6S2. The molecule has 0 radical (unpaired) electrons. The van der Waals surface area contributed by atoms with Crippen LogP contribution in [0.4, 0.5) is 0 Å². The topological polar surface area (TPSA) is 112 Å². The Kier molecular flexibility index (Phi) is 5.23. The second kappa shape index (κ2) is 6.63. The number of aliphatic hydroxyl groups is 2. The van der Waals surface area contributed by atoms with Crippen molar-refractivity contribution in [2.24, 2.45) is 0 Å². The molecule has 1 saturated heterocycles. The molecule has 1 aromatic carbocycles. The molecule has 2 rings (SSSR count). The average Bonchev–Trinajstić information content (AvgIpc) is 2.85. The van der Waals surface area contributed by atoms with Crippen LogP contribution in [0.25, 0.3) is 0 Å². The Labute approximate surface area is 130 Å². The second-order valence-corrected chi connectivity index (χ2v) is 9.40. The lowest BCUT2D eigenvalue weighted by molar-refractivity contribution is 0.0730. The number of rotatable bonds is 6. The molecule has 0 aromatic heterocycles. The van der Waals surface area contributed by atoms with Gasteiger partial charge in [-0.1, -0.05) is 18.2 Å². The molecule has 0 spiro atoms. The fourth-order valence-corrected chi connectivity index (χ4v) is 5.98. The zero-order valence-electron chi connectivity index (χ0n) is 11.9. The molecule has 124 valence electrons. The predicted octanol–water partition coefficient (Wildman–Crippen LogP) is -0.782. The van der Waals surface area contributed by atoms with Gasteiger partial charge >= 0.3 is 0 Å². The van der Waals surface area contributed by atoms with Crippen LogP contribution in [0.15, 0.2) is 35.2 Å². The lowest BCUT2D eigenvalue weighted by Crippen LogP contribution is -2.46. The molecule has 9 heteroatoms. The van der Waals surface area contributed by atoms with Crippen molar-refractivity contribution in [2.75, 3.05) is 24.7 Å². The molecule has 7 nitrogen and oxygen atoms in total. The summed E-state index contributed by atoms with van der Waals surface area (Å²) in [6.45, 7) is -0.936. The van der Waals surface area contributed by atoms with E-state index in [0.29, 0.717) is 0 Å². The Balaban J connectivity index is 2.36. The highest BCUT2D eigenvalue weighted by Gasteiger charge is 2.39. The minimum Gasteiger partial charge on any atom is -0.394 e. The number of hydrogen-bond acceptors (Lipinski definition) is 6. The van der Waals surface area contributed by atoms with Gasteiger partial charge in [-0.25, -0.2) is 16.8 Å². The van der Waals surface area contributed by atoms with Crippen LogP contribution in [-0.4, -0.2) is 68.2 Å². The number of nitrogens with zero attached hydrogens (tertiary/aromatic N) is 1. The summed E-state index contributed by atoms with van der Waals surface area (Å²) in [4.78, 5) is 0.0319. The van der Waals surface area contributed by atoms with Gasteiger partial charge in [0.25, 0.3) is 0 Å². The van der Waals surface area contributed by atoms with Gasteiger partial charge in [-0.3, -0.25) is 0 Å². The summed E-state index contributed by atoms with van der Waals surface area (Å²) in [6, 6.07) is 6.91. The fraction of sp³-hybridized carbons (Fsp3) is 0.538. The number of sulfone groups is 1. The molecular weight excluding hydrogens is 330 g/mol. The Bertz CT molecular complexity index is 701. The highest BCUT2D eigenvalue weighted by molar-refractivity contribution is 7.92. The van der Waals surface area contributed by atoms with E-state index in [1.165, 1.54) is 12.1 Å². The normalized spacial score (nSPS) is 22.8. The smallest absolute Gasteiger partial charge is 0.243 e. The monoisotopic (exact) mass is 349 g/mol. The summed E-state index contributed by atoms with van der Waals surface area (Å²) in [5.74, 6) is -0.342. The average molecular weight is 349 g/mol. The van der Waals surface area contributed by atoms with Crippen LogP contribution in [0.5, 0.6) is 0 Å². The van der Waals surface area contributed by atoms with Crippen molar-refractivity contribution in [2.45, 2.75) is 23.5 Å². The standard InChI is InChI=1S/C13H19NO6S2/c15-9-12(16)8-14(11-6-7-21(17,18)10-11)22(19,20)13-4-2-1-3-5-13/h1-5,11-12,15-16H,6-10H2/t11-,12-/m0/s1. The first kappa shape index (κ1) is 17.4. The highest BCUT2D eigenvalue weighted by Crippen LogP contribution is 2.25. The fourth-order valence-electron chi connectivity index (χ4n) is 2.44. The van der Waals surface area contributed by atoms with Crippen LogP contribution in [0.1, 0.15) is 6.42 Å². The van der Waals surface area contributed by atoms with Crippen molar-refractivity contribution in [3.8, 4) is 0 Å². The van der Waals surface area contributed by atoms with Gasteiger partial charge < -0.3 is 10.2 Å². The Morgan fingerprint density at radius 3 is 2.41 bits per heavy atom. The van der Waals surface area contributed by atoms with E-state index >= 15 is 0 Å². The SMILES string of the molecule is O=S1(=O)CC[C@H](N(C[C@H](O)CO)S(=O)(=O)c2ccccc2)C1. The molecule has 0 unspecified atom stereocenters. The summed E-state index contributed by atoms with van der Waals surface area (Å²) in [5, 5.41) is 18.6. The van der Waals surface area contributed by atoms with Crippen molar-refractivity contribution < 1.29 is 27.0 Å². The summed E-state index contributed by atoms with van der Waals surface area (Å²) in [5.41, 5.74) is 0. The van der Waals surface area contributed by atoms with Crippen molar-refractivity contribution in [1.82, 2.24) is 4.31 Å². The molecule has 1 heterocycles. The molecule has 0 amide bonds. The molecule has 1 aliphatic rings. The van der Waals surface area contributed by atoms with E-state index in [9.17, 15) is 21.9 Å². The molecule has 2 atom stereocenters. The summed E-state index contributed by atoms with van der Waals surface area (Å²) >= 11 is 0. The van der Waals surface area contributed by atoms with E-state index in [-0.39, 0.29) is 29.4 Å². The maximum Gasteiger partial charge on any atom is 0.243 e. The number of sulfonamides is 1. The van der Waals surface area contributed by atoms with E-state index in [0.717, 1.165) is 4.31 Å². The number of aliphatic hydroxyl groups excluding tert-OH is 2. The Morgan fingerprint density at radius 2 is 1.91 bits per heavy atom. The minimum absolute atomic E-state index is 0.0319. The van der Waals surface area contributed by atoms with Crippen molar-refractivity contribution in [3.05, 3.63) is 30.3 Å². The zero-order chi connectivity index (χ0) is 16.4. The van der Waals surface area contributed by atoms with Gasteiger partial charge in [0.05, 0.1) is 29.1 Å². The van der Waals surface area contributed by atoms with Crippen LogP contribution < -0.4 is 0 Å². The van der Waals surface area contributed by atoms with Gasteiger partial charge in [0.1, 0.15) is 0 Å². The molecule has 1 aromatic rings. The maximum absolute atomic E-state index is 12.7. The van der Waals surface area contributed by atoms with E-state index in [1.54, 1.807) is 18.2 Å². The Morgan fingerprint density at radius 1 is 1.27 bits per heavy atom. The van der Waals surface area contributed by atoms with Gasteiger partial charge in [0.2, 0.25) is 10.0 Å². The minimum atomic E-state index is -3.94. The van der Waals surface area contributed by atoms with Crippen LogP contribution in [-0.2, 0) is 19.9 Å². The molecule has 0 saturated carbocycles. The van der Waals surface area contributed by atoms with Crippen LogP contribution in [0.2, 0.25) is 0 Å². The van der Waals surface area contributed by atoms with E-state index < -0.39 is 38.6 Å².